The first-order valence-corrected chi connectivity index (χ1v) is 9.12. The highest BCUT2D eigenvalue weighted by Crippen LogP contribution is 2.29. The van der Waals surface area contributed by atoms with Gasteiger partial charge in [-0.2, -0.15) is 0 Å². The van der Waals surface area contributed by atoms with Crippen LogP contribution in [0.3, 0.4) is 0 Å². The summed E-state index contributed by atoms with van der Waals surface area (Å²) in [6.45, 7) is 0.895. The van der Waals surface area contributed by atoms with Crippen LogP contribution in [0.1, 0.15) is 16.5 Å². The molecule has 1 atom stereocenters. The van der Waals surface area contributed by atoms with E-state index in [1.807, 2.05) is 30.3 Å². The highest BCUT2D eigenvalue weighted by Gasteiger charge is 2.12. The summed E-state index contributed by atoms with van der Waals surface area (Å²) in [6.07, 6.45) is 1.09. The monoisotopic (exact) mass is 370 g/mol. The van der Waals surface area contributed by atoms with E-state index in [9.17, 15) is 5.11 Å². The third kappa shape index (κ3) is 4.30. The molecule has 0 aliphatic carbocycles. The van der Waals surface area contributed by atoms with Crippen molar-refractivity contribution in [2.45, 2.75) is 12.6 Å². The standard InChI is InChI=1S/C19H22N4O2S/c1-20-19(22-11-14-7-5-9-21-18(14)25-2)23-12-15(24)17-10-13-6-3-4-8-16(13)26-17/h3-10,15,24H,11-12H2,1-2H3,(H2,20,22,23). The fourth-order valence-corrected chi connectivity index (χ4v) is 3.65. The quantitative estimate of drug-likeness (QED) is 0.459. The molecule has 136 valence electrons. The second kappa shape index (κ2) is 8.64. The predicted octanol–water partition coefficient (Wildman–Crippen LogP) is 2.70. The molecule has 0 radical (unpaired) electrons. The van der Waals surface area contributed by atoms with Gasteiger partial charge in [-0.1, -0.05) is 24.3 Å². The smallest absolute Gasteiger partial charge is 0.218 e. The number of methoxy groups -OCH3 is 1. The van der Waals surface area contributed by atoms with Crippen LogP contribution >= 0.6 is 11.3 Å². The number of pyridine rings is 1. The van der Waals surface area contributed by atoms with E-state index in [2.05, 4.69) is 32.7 Å². The zero-order valence-corrected chi connectivity index (χ0v) is 15.6. The van der Waals surface area contributed by atoms with Crippen LogP contribution < -0.4 is 15.4 Å². The third-order valence-electron chi connectivity index (χ3n) is 3.95. The van der Waals surface area contributed by atoms with Gasteiger partial charge in [-0.15, -0.1) is 11.3 Å². The van der Waals surface area contributed by atoms with Gasteiger partial charge in [-0.25, -0.2) is 4.98 Å². The Bertz CT molecular complexity index is 861. The Morgan fingerprint density at radius 2 is 2.12 bits per heavy atom. The molecule has 0 saturated heterocycles. The van der Waals surface area contributed by atoms with E-state index in [4.69, 9.17) is 4.74 Å². The summed E-state index contributed by atoms with van der Waals surface area (Å²) in [4.78, 5) is 9.30. The molecule has 0 saturated carbocycles. The van der Waals surface area contributed by atoms with Crippen molar-refractivity contribution in [2.75, 3.05) is 20.7 Å². The first-order valence-electron chi connectivity index (χ1n) is 8.30. The van der Waals surface area contributed by atoms with Crippen LogP contribution in [0.4, 0.5) is 0 Å². The van der Waals surface area contributed by atoms with Crippen molar-refractivity contribution in [1.82, 2.24) is 15.6 Å². The Labute approximate surface area is 156 Å². The molecule has 3 aromatic rings. The minimum atomic E-state index is -0.598. The average Bonchev–Trinajstić information content (AvgIpc) is 3.12. The summed E-state index contributed by atoms with van der Waals surface area (Å²) >= 11 is 1.60. The van der Waals surface area contributed by atoms with Gasteiger partial charge in [0.05, 0.1) is 7.11 Å². The lowest BCUT2D eigenvalue weighted by Gasteiger charge is -2.15. The minimum Gasteiger partial charge on any atom is -0.481 e. The van der Waals surface area contributed by atoms with Crippen molar-refractivity contribution in [2.24, 2.45) is 4.99 Å². The molecule has 2 heterocycles. The van der Waals surface area contributed by atoms with Crippen molar-refractivity contribution >= 4 is 27.4 Å². The number of aliphatic hydroxyl groups is 1. The molecule has 1 aromatic carbocycles. The van der Waals surface area contributed by atoms with Crippen LogP contribution in [0.15, 0.2) is 53.7 Å². The maximum absolute atomic E-state index is 10.5. The summed E-state index contributed by atoms with van der Waals surface area (Å²) in [5, 5.41) is 18.0. The van der Waals surface area contributed by atoms with Crippen LogP contribution in [0.25, 0.3) is 10.1 Å². The molecule has 0 bridgehead atoms. The fraction of sp³-hybridized carbons (Fsp3) is 0.263. The Hall–Kier alpha value is -2.64. The van der Waals surface area contributed by atoms with Gasteiger partial charge in [0.25, 0.3) is 0 Å². The molecule has 0 fully saturated rings. The largest absolute Gasteiger partial charge is 0.481 e. The number of nitrogens with one attached hydrogen (secondary N) is 2. The molecule has 0 aliphatic rings. The molecule has 0 amide bonds. The van der Waals surface area contributed by atoms with Crippen molar-refractivity contribution in [3.8, 4) is 5.88 Å². The third-order valence-corrected chi connectivity index (χ3v) is 5.17. The Morgan fingerprint density at radius 3 is 2.88 bits per heavy atom. The molecule has 1 unspecified atom stereocenters. The van der Waals surface area contributed by atoms with Crippen molar-refractivity contribution in [3.05, 3.63) is 59.1 Å². The number of nitrogens with zero attached hydrogens (tertiary/aromatic N) is 2. The number of aliphatic imine (C=N–C) groups is 1. The number of guanidine groups is 1. The van der Waals surface area contributed by atoms with Crippen LogP contribution in [-0.4, -0.2) is 36.8 Å². The first kappa shape index (κ1) is 18.2. The summed E-state index contributed by atoms with van der Waals surface area (Å²) < 4.78 is 6.42. The lowest BCUT2D eigenvalue weighted by molar-refractivity contribution is 0.184. The lowest BCUT2D eigenvalue weighted by Crippen LogP contribution is -2.39. The maximum Gasteiger partial charge on any atom is 0.218 e. The second-order valence-corrected chi connectivity index (χ2v) is 6.80. The van der Waals surface area contributed by atoms with E-state index >= 15 is 0 Å². The molecular formula is C19H22N4O2S. The minimum absolute atomic E-state index is 0.372. The van der Waals surface area contributed by atoms with Crippen LogP contribution in [0, 0.1) is 0 Å². The van der Waals surface area contributed by atoms with Crippen molar-refractivity contribution in [1.29, 1.82) is 0 Å². The van der Waals surface area contributed by atoms with Crippen LogP contribution in [0.5, 0.6) is 5.88 Å². The normalized spacial score (nSPS) is 12.8. The number of rotatable bonds is 6. The summed E-state index contributed by atoms with van der Waals surface area (Å²) in [6, 6.07) is 14.0. The van der Waals surface area contributed by atoms with Crippen molar-refractivity contribution < 1.29 is 9.84 Å². The highest BCUT2D eigenvalue weighted by molar-refractivity contribution is 7.19. The molecule has 3 N–H and O–H groups in total. The molecule has 7 heteroatoms. The fourth-order valence-electron chi connectivity index (χ4n) is 2.60. The summed E-state index contributed by atoms with van der Waals surface area (Å²) in [7, 11) is 3.29. The lowest BCUT2D eigenvalue weighted by atomic mass is 10.2. The molecule has 26 heavy (non-hydrogen) atoms. The second-order valence-electron chi connectivity index (χ2n) is 5.68. The number of ether oxygens (including phenoxy) is 1. The van der Waals surface area contributed by atoms with E-state index in [1.165, 1.54) is 4.70 Å². The van der Waals surface area contributed by atoms with Gasteiger partial charge in [-0.3, -0.25) is 4.99 Å². The molecular weight excluding hydrogens is 348 g/mol. The number of hydrogen-bond acceptors (Lipinski definition) is 5. The zero-order chi connectivity index (χ0) is 18.4. The SMILES string of the molecule is CN=C(NCc1cccnc1OC)NCC(O)c1cc2ccccc2s1. The van der Waals surface area contributed by atoms with E-state index in [-0.39, 0.29) is 0 Å². The number of hydrogen-bond donors (Lipinski definition) is 3. The predicted molar refractivity (Wildman–Crippen MR) is 106 cm³/mol. The number of fused-ring (bicyclic) bond motifs is 1. The van der Waals surface area contributed by atoms with Gasteiger partial charge >= 0.3 is 0 Å². The molecule has 3 rings (SSSR count). The Balaban J connectivity index is 1.56. The van der Waals surface area contributed by atoms with Gasteiger partial charge in [0.1, 0.15) is 6.10 Å². The van der Waals surface area contributed by atoms with Gasteiger partial charge in [0.2, 0.25) is 5.88 Å². The van der Waals surface area contributed by atoms with Crippen LogP contribution in [0.2, 0.25) is 0 Å². The van der Waals surface area contributed by atoms with Gasteiger partial charge in [-0.05, 0) is 23.6 Å². The number of thiophene rings is 1. The van der Waals surface area contributed by atoms with E-state index in [0.717, 1.165) is 15.8 Å². The topological polar surface area (TPSA) is 78.8 Å². The molecule has 0 aliphatic heterocycles. The zero-order valence-electron chi connectivity index (χ0n) is 14.8. The maximum atomic E-state index is 10.5. The van der Waals surface area contributed by atoms with Gasteiger partial charge < -0.3 is 20.5 Å². The number of aliphatic hydroxyl groups excluding tert-OH is 1. The molecule has 6 nitrogen and oxygen atoms in total. The summed E-state index contributed by atoms with van der Waals surface area (Å²) in [5.41, 5.74) is 0.933. The van der Waals surface area contributed by atoms with E-state index < -0.39 is 6.10 Å². The van der Waals surface area contributed by atoms with Crippen molar-refractivity contribution in [3.63, 3.8) is 0 Å². The van der Waals surface area contributed by atoms with Gasteiger partial charge in [0.15, 0.2) is 5.96 Å². The van der Waals surface area contributed by atoms with E-state index in [0.29, 0.717) is 24.9 Å². The first-order chi connectivity index (χ1) is 12.7. The van der Waals surface area contributed by atoms with Crippen LogP contribution in [-0.2, 0) is 6.54 Å². The number of aromatic nitrogens is 1. The Morgan fingerprint density at radius 1 is 1.27 bits per heavy atom. The highest BCUT2D eigenvalue weighted by atomic mass is 32.1. The number of benzene rings is 1. The Kier molecular flexibility index (Phi) is 6.04. The summed E-state index contributed by atoms with van der Waals surface area (Å²) in [5.74, 6) is 1.19. The van der Waals surface area contributed by atoms with Gasteiger partial charge in [0, 0.05) is 41.5 Å². The molecule has 2 aromatic heterocycles. The average molecular weight is 370 g/mol. The van der Waals surface area contributed by atoms with E-state index in [1.54, 1.807) is 31.7 Å². The molecule has 0 spiro atoms.